The summed E-state index contributed by atoms with van der Waals surface area (Å²) >= 11 is 3.62. The first-order valence-electron chi connectivity index (χ1n) is 6.87. The minimum atomic E-state index is -0.605. The molecule has 0 spiro atoms. The highest BCUT2D eigenvalue weighted by molar-refractivity contribution is 9.10. The van der Waals surface area contributed by atoms with Crippen LogP contribution in [0.1, 0.15) is 38.3 Å². The smallest absolute Gasteiger partial charge is 0.0746 e. The van der Waals surface area contributed by atoms with Gasteiger partial charge in [0, 0.05) is 17.1 Å². The van der Waals surface area contributed by atoms with Crippen molar-refractivity contribution in [3.8, 4) is 0 Å². The monoisotopic (exact) mass is 326 g/mol. The van der Waals surface area contributed by atoms with Gasteiger partial charge in [0.15, 0.2) is 0 Å². The van der Waals surface area contributed by atoms with E-state index in [1.165, 1.54) is 5.56 Å². The molecule has 1 aliphatic heterocycles. The van der Waals surface area contributed by atoms with E-state index in [0.717, 1.165) is 23.9 Å². The van der Waals surface area contributed by atoms with Crippen LogP contribution in [0.25, 0.3) is 0 Å². The molecule has 0 aromatic heterocycles. The molecule has 1 aromatic carbocycles. The average Bonchev–Trinajstić information content (AvgIpc) is 2.30. The molecule has 2 rings (SSSR count). The summed E-state index contributed by atoms with van der Waals surface area (Å²) in [5.41, 5.74) is 6.81. The SMILES string of the molecule is CC(N)C(c1ccccc1Br)N1CCCC(C)(O)C1. The summed E-state index contributed by atoms with van der Waals surface area (Å²) in [6.07, 6.45) is 1.88. The van der Waals surface area contributed by atoms with Gasteiger partial charge in [0.2, 0.25) is 0 Å². The molecular weight excluding hydrogens is 304 g/mol. The lowest BCUT2D eigenvalue weighted by molar-refractivity contribution is -0.0334. The van der Waals surface area contributed by atoms with Crippen LogP contribution in [0.4, 0.5) is 0 Å². The highest BCUT2D eigenvalue weighted by Crippen LogP contribution is 2.33. The zero-order valence-electron chi connectivity index (χ0n) is 11.6. The van der Waals surface area contributed by atoms with Gasteiger partial charge in [-0.25, -0.2) is 0 Å². The minimum Gasteiger partial charge on any atom is -0.389 e. The van der Waals surface area contributed by atoms with Gasteiger partial charge in [-0.3, -0.25) is 4.90 Å². The van der Waals surface area contributed by atoms with Crippen LogP contribution in [0.2, 0.25) is 0 Å². The molecule has 1 aromatic rings. The van der Waals surface area contributed by atoms with Crippen molar-refractivity contribution in [1.29, 1.82) is 0 Å². The van der Waals surface area contributed by atoms with E-state index in [0.29, 0.717) is 6.54 Å². The van der Waals surface area contributed by atoms with Gasteiger partial charge in [-0.2, -0.15) is 0 Å². The Hall–Kier alpha value is -0.420. The van der Waals surface area contributed by atoms with Crippen LogP contribution in [0.3, 0.4) is 0 Å². The Morgan fingerprint density at radius 1 is 1.42 bits per heavy atom. The third-order valence-electron chi connectivity index (χ3n) is 3.82. The van der Waals surface area contributed by atoms with E-state index < -0.39 is 5.60 Å². The Labute approximate surface area is 123 Å². The van der Waals surface area contributed by atoms with Gasteiger partial charge in [-0.1, -0.05) is 34.1 Å². The number of nitrogens with zero attached hydrogens (tertiary/aromatic N) is 1. The lowest BCUT2D eigenvalue weighted by Crippen LogP contribution is -2.50. The third kappa shape index (κ3) is 3.57. The lowest BCUT2D eigenvalue weighted by Gasteiger charge is -2.43. The summed E-state index contributed by atoms with van der Waals surface area (Å²) in [5, 5.41) is 10.3. The highest BCUT2D eigenvalue weighted by Gasteiger charge is 2.34. The molecule has 4 heteroatoms. The number of nitrogens with two attached hydrogens (primary N) is 1. The lowest BCUT2D eigenvalue weighted by atomic mass is 9.90. The Morgan fingerprint density at radius 3 is 2.68 bits per heavy atom. The standard InChI is InChI=1S/C15H23BrN2O/c1-11(17)14(12-6-3-4-7-13(12)16)18-9-5-8-15(2,19)10-18/h3-4,6-7,11,14,19H,5,8-10,17H2,1-2H3. The molecule has 0 amide bonds. The van der Waals surface area contributed by atoms with Crippen LogP contribution < -0.4 is 5.73 Å². The Balaban J connectivity index is 2.28. The normalized spacial score (nSPS) is 28.1. The summed E-state index contributed by atoms with van der Waals surface area (Å²) in [6, 6.07) is 8.37. The van der Waals surface area contributed by atoms with Crippen molar-refractivity contribution in [3.05, 3.63) is 34.3 Å². The van der Waals surface area contributed by atoms with Crippen molar-refractivity contribution in [2.45, 2.75) is 44.4 Å². The number of β-amino-alcohol motifs (C(OH)–C–C–N with tert-alkyl or cyclic N) is 1. The van der Waals surface area contributed by atoms with E-state index >= 15 is 0 Å². The first kappa shape index (κ1) is 15.0. The first-order valence-corrected chi connectivity index (χ1v) is 7.66. The second-order valence-corrected chi connectivity index (χ2v) is 6.75. The molecule has 3 nitrogen and oxygen atoms in total. The van der Waals surface area contributed by atoms with E-state index in [1.807, 2.05) is 32.0 Å². The van der Waals surface area contributed by atoms with Crippen molar-refractivity contribution in [2.24, 2.45) is 5.73 Å². The summed E-state index contributed by atoms with van der Waals surface area (Å²) < 4.78 is 1.09. The van der Waals surface area contributed by atoms with Crippen LogP contribution in [0, 0.1) is 0 Å². The maximum absolute atomic E-state index is 10.3. The third-order valence-corrected chi connectivity index (χ3v) is 4.54. The second kappa shape index (κ2) is 5.92. The van der Waals surface area contributed by atoms with Crippen molar-refractivity contribution < 1.29 is 5.11 Å². The first-order chi connectivity index (χ1) is 8.91. The molecule has 106 valence electrons. The van der Waals surface area contributed by atoms with Crippen LogP contribution >= 0.6 is 15.9 Å². The van der Waals surface area contributed by atoms with Crippen LogP contribution in [0.5, 0.6) is 0 Å². The topological polar surface area (TPSA) is 49.5 Å². The number of hydrogen-bond donors (Lipinski definition) is 2. The number of rotatable bonds is 3. The Bertz CT molecular complexity index is 434. The molecule has 1 heterocycles. The average molecular weight is 327 g/mol. The summed E-state index contributed by atoms with van der Waals surface area (Å²) in [4.78, 5) is 2.31. The van der Waals surface area contributed by atoms with Gasteiger partial charge in [0.1, 0.15) is 0 Å². The van der Waals surface area contributed by atoms with E-state index in [1.54, 1.807) is 0 Å². The minimum absolute atomic E-state index is 0.0209. The highest BCUT2D eigenvalue weighted by atomic mass is 79.9. The Kier molecular flexibility index (Phi) is 4.66. The fourth-order valence-electron chi connectivity index (χ4n) is 3.02. The van der Waals surface area contributed by atoms with E-state index in [-0.39, 0.29) is 12.1 Å². The predicted octanol–water partition coefficient (Wildman–Crippen LogP) is 2.68. The second-order valence-electron chi connectivity index (χ2n) is 5.90. The molecule has 0 bridgehead atoms. The maximum atomic E-state index is 10.3. The zero-order valence-corrected chi connectivity index (χ0v) is 13.2. The van der Waals surface area contributed by atoms with Crippen molar-refractivity contribution in [2.75, 3.05) is 13.1 Å². The van der Waals surface area contributed by atoms with Gasteiger partial charge in [-0.15, -0.1) is 0 Å². The molecule has 1 saturated heterocycles. The number of hydrogen-bond acceptors (Lipinski definition) is 3. The number of likely N-dealkylation sites (tertiary alicyclic amines) is 1. The van der Waals surface area contributed by atoms with Gasteiger partial charge < -0.3 is 10.8 Å². The van der Waals surface area contributed by atoms with Crippen molar-refractivity contribution in [1.82, 2.24) is 4.90 Å². The number of piperidine rings is 1. The molecule has 3 atom stereocenters. The van der Waals surface area contributed by atoms with Gasteiger partial charge in [0.05, 0.1) is 11.6 Å². The van der Waals surface area contributed by atoms with Gasteiger partial charge >= 0.3 is 0 Å². The molecule has 0 radical (unpaired) electrons. The molecule has 1 aliphatic rings. The predicted molar refractivity (Wildman–Crippen MR) is 82.0 cm³/mol. The number of halogens is 1. The number of aliphatic hydroxyl groups is 1. The zero-order chi connectivity index (χ0) is 14.0. The summed E-state index contributed by atoms with van der Waals surface area (Å²) in [7, 11) is 0. The van der Waals surface area contributed by atoms with Crippen molar-refractivity contribution in [3.63, 3.8) is 0 Å². The molecule has 1 fully saturated rings. The van der Waals surface area contributed by atoms with E-state index in [9.17, 15) is 5.11 Å². The maximum Gasteiger partial charge on any atom is 0.0746 e. The van der Waals surface area contributed by atoms with E-state index in [4.69, 9.17) is 5.73 Å². The van der Waals surface area contributed by atoms with Crippen LogP contribution in [-0.2, 0) is 0 Å². The fraction of sp³-hybridized carbons (Fsp3) is 0.600. The molecule has 3 unspecified atom stereocenters. The van der Waals surface area contributed by atoms with Crippen LogP contribution in [0.15, 0.2) is 28.7 Å². The molecule has 19 heavy (non-hydrogen) atoms. The summed E-state index contributed by atoms with van der Waals surface area (Å²) in [6.45, 7) is 5.62. The van der Waals surface area contributed by atoms with E-state index in [2.05, 4.69) is 26.9 Å². The van der Waals surface area contributed by atoms with Crippen molar-refractivity contribution >= 4 is 15.9 Å². The summed E-state index contributed by atoms with van der Waals surface area (Å²) in [5.74, 6) is 0. The van der Waals surface area contributed by atoms with Gasteiger partial charge in [-0.05, 0) is 44.9 Å². The fourth-order valence-corrected chi connectivity index (χ4v) is 3.54. The van der Waals surface area contributed by atoms with Crippen LogP contribution in [-0.4, -0.2) is 34.7 Å². The number of benzene rings is 1. The molecular formula is C15H23BrN2O. The van der Waals surface area contributed by atoms with Gasteiger partial charge in [0.25, 0.3) is 0 Å². The molecule has 0 aliphatic carbocycles. The Morgan fingerprint density at radius 2 is 2.11 bits per heavy atom. The largest absolute Gasteiger partial charge is 0.389 e. The molecule has 0 saturated carbocycles. The quantitative estimate of drug-likeness (QED) is 0.897. The molecule has 3 N–H and O–H groups in total.